The molecule has 0 aliphatic heterocycles. The predicted molar refractivity (Wildman–Crippen MR) is 88.2 cm³/mol. The summed E-state index contributed by atoms with van der Waals surface area (Å²) >= 11 is 3.47. The topological polar surface area (TPSA) is 38.0 Å². The molecule has 4 heteroatoms. The van der Waals surface area contributed by atoms with E-state index in [1.54, 1.807) is 6.20 Å². The van der Waals surface area contributed by atoms with Crippen molar-refractivity contribution in [3.8, 4) is 0 Å². The van der Waals surface area contributed by atoms with Crippen molar-refractivity contribution in [3.63, 3.8) is 0 Å². The lowest BCUT2D eigenvalue weighted by atomic mass is 10.0. The molecule has 21 heavy (non-hydrogen) atoms. The van der Waals surface area contributed by atoms with Crippen molar-refractivity contribution >= 4 is 26.7 Å². The van der Waals surface area contributed by atoms with Gasteiger partial charge in [-0.15, -0.1) is 0 Å². The van der Waals surface area contributed by atoms with Gasteiger partial charge in [-0.3, -0.25) is 4.68 Å². The minimum absolute atomic E-state index is 0.567. The van der Waals surface area contributed by atoms with Crippen molar-refractivity contribution in [2.75, 3.05) is 0 Å². The van der Waals surface area contributed by atoms with Crippen LogP contribution in [-0.4, -0.2) is 14.9 Å². The molecule has 1 aromatic heterocycles. The van der Waals surface area contributed by atoms with Gasteiger partial charge in [0, 0.05) is 13.0 Å². The maximum atomic E-state index is 10.5. The zero-order chi connectivity index (χ0) is 14.8. The van der Waals surface area contributed by atoms with E-state index in [4.69, 9.17) is 0 Å². The summed E-state index contributed by atoms with van der Waals surface area (Å²) in [5, 5.41) is 17.2. The first-order valence-corrected chi connectivity index (χ1v) is 7.85. The van der Waals surface area contributed by atoms with Crippen LogP contribution in [0.3, 0.4) is 0 Å². The van der Waals surface area contributed by atoms with Crippen molar-refractivity contribution in [2.24, 2.45) is 0 Å². The smallest absolute Gasteiger partial charge is 0.101 e. The molecule has 3 nitrogen and oxygen atoms in total. The van der Waals surface area contributed by atoms with Gasteiger partial charge in [-0.05, 0) is 39.2 Å². The summed E-state index contributed by atoms with van der Waals surface area (Å²) in [5.41, 5.74) is 1.96. The SMILES string of the molecule is CCn1ncc(Br)c1C(O)Cc1ccc2ccccc2c1. The molecule has 1 heterocycles. The Morgan fingerprint density at radius 1 is 1.19 bits per heavy atom. The number of hydrogen-bond acceptors (Lipinski definition) is 2. The normalized spacial score (nSPS) is 12.7. The molecule has 0 aliphatic rings. The average molecular weight is 345 g/mol. The van der Waals surface area contributed by atoms with Crippen LogP contribution in [0.4, 0.5) is 0 Å². The summed E-state index contributed by atoms with van der Waals surface area (Å²) in [6.07, 6.45) is 1.75. The van der Waals surface area contributed by atoms with Crippen LogP contribution < -0.4 is 0 Å². The van der Waals surface area contributed by atoms with E-state index in [2.05, 4.69) is 51.4 Å². The molecular weight excluding hydrogens is 328 g/mol. The van der Waals surface area contributed by atoms with Crippen LogP contribution in [0, 0.1) is 0 Å². The third-order valence-electron chi connectivity index (χ3n) is 3.69. The molecule has 3 rings (SSSR count). The summed E-state index contributed by atoms with van der Waals surface area (Å²) in [6.45, 7) is 2.77. The van der Waals surface area contributed by atoms with Crippen LogP contribution in [0.1, 0.15) is 24.3 Å². The van der Waals surface area contributed by atoms with Gasteiger partial charge in [-0.25, -0.2) is 0 Å². The Balaban J connectivity index is 1.88. The van der Waals surface area contributed by atoms with Crippen molar-refractivity contribution in [2.45, 2.75) is 26.0 Å². The Hall–Kier alpha value is -1.65. The highest BCUT2D eigenvalue weighted by molar-refractivity contribution is 9.10. The van der Waals surface area contributed by atoms with Crippen LogP contribution in [0.25, 0.3) is 10.8 Å². The molecule has 0 spiro atoms. The second-order valence-electron chi connectivity index (χ2n) is 5.09. The summed E-state index contributed by atoms with van der Waals surface area (Å²) in [6, 6.07) is 14.6. The summed E-state index contributed by atoms with van der Waals surface area (Å²) in [5.74, 6) is 0. The molecule has 1 N–H and O–H groups in total. The number of aryl methyl sites for hydroxylation is 1. The quantitative estimate of drug-likeness (QED) is 0.773. The number of rotatable bonds is 4. The molecule has 0 fully saturated rings. The molecule has 0 aliphatic carbocycles. The van der Waals surface area contributed by atoms with E-state index in [0.717, 1.165) is 22.3 Å². The Labute approximate surface area is 132 Å². The number of benzene rings is 2. The maximum absolute atomic E-state index is 10.5. The van der Waals surface area contributed by atoms with Crippen LogP contribution in [0.5, 0.6) is 0 Å². The maximum Gasteiger partial charge on any atom is 0.101 e. The molecule has 0 saturated carbocycles. The summed E-state index contributed by atoms with van der Waals surface area (Å²) in [4.78, 5) is 0. The van der Waals surface area contributed by atoms with Crippen molar-refractivity contribution < 1.29 is 5.11 Å². The lowest BCUT2D eigenvalue weighted by Gasteiger charge is -2.14. The predicted octanol–water partition coefficient (Wildman–Crippen LogP) is 4.09. The van der Waals surface area contributed by atoms with Gasteiger partial charge >= 0.3 is 0 Å². The van der Waals surface area contributed by atoms with E-state index in [9.17, 15) is 5.11 Å². The van der Waals surface area contributed by atoms with Crippen molar-refractivity contribution in [1.29, 1.82) is 0 Å². The van der Waals surface area contributed by atoms with Crippen LogP contribution in [0.15, 0.2) is 53.1 Å². The number of fused-ring (bicyclic) bond motifs is 1. The lowest BCUT2D eigenvalue weighted by molar-refractivity contribution is 0.166. The van der Waals surface area contributed by atoms with E-state index < -0.39 is 6.10 Å². The minimum atomic E-state index is -0.567. The van der Waals surface area contributed by atoms with Crippen molar-refractivity contribution in [1.82, 2.24) is 9.78 Å². The molecule has 108 valence electrons. The molecule has 1 atom stereocenters. The Morgan fingerprint density at radius 3 is 2.71 bits per heavy atom. The number of aliphatic hydroxyl groups is 1. The monoisotopic (exact) mass is 344 g/mol. The molecule has 1 unspecified atom stereocenters. The van der Waals surface area contributed by atoms with Gasteiger partial charge in [0.15, 0.2) is 0 Å². The van der Waals surface area contributed by atoms with E-state index in [1.165, 1.54) is 10.8 Å². The van der Waals surface area contributed by atoms with Gasteiger partial charge < -0.3 is 5.11 Å². The molecule has 3 aromatic rings. The number of hydrogen-bond donors (Lipinski definition) is 1. The van der Waals surface area contributed by atoms with Gasteiger partial charge in [0.05, 0.1) is 16.4 Å². The second-order valence-corrected chi connectivity index (χ2v) is 5.95. The summed E-state index contributed by atoms with van der Waals surface area (Å²) < 4.78 is 2.69. The van der Waals surface area contributed by atoms with Crippen LogP contribution >= 0.6 is 15.9 Å². The average Bonchev–Trinajstić information content (AvgIpc) is 2.88. The number of aromatic nitrogens is 2. The van der Waals surface area contributed by atoms with Crippen LogP contribution in [-0.2, 0) is 13.0 Å². The van der Waals surface area contributed by atoms with Gasteiger partial charge in [-0.1, -0.05) is 42.5 Å². The molecule has 0 saturated heterocycles. The van der Waals surface area contributed by atoms with Gasteiger partial charge in [0.2, 0.25) is 0 Å². The molecule has 0 radical (unpaired) electrons. The Bertz CT molecular complexity index is 766. The second kappa shape index (κ2) is 6.00. The fourth-order valence-electron chi connectivity index (χ4n) is 2.64. The highest BCUT2D eigenvalue weighted by Crippen LogP contribution is 2.27. The van der Waals surface area contributed by atoms with E-state index in [0.29, 0.717) is 6.42 Å². The minimum Gasteiger partial charge on any atom is -0.386 e. The third-order valence-corrected chi connectivity index (χ3v) is 4.30. The number of nitrogens with zero attached hydrogens (tertiary/aromatic N) is 2. The standard InChI is InChI=1S/C17H17BrN2O/c1-2-20-17(15(18)11-19-20)16(21)10-12-7-8-13-5-3-4-6-14(13)9-12/h3-9,11,16,21H,2,10H2,1H3. The molecule has 2 aromatic carbocycles. The highest BCUT2D eigenvalue weighted by Gasteiger charge is 2.17. The first-order chi connectivity index (χ1) is 10.2. The third kappa shape index (κ3) is 2.87. The zero-order valence-corrected chi connectivity index (χ0v) is 13.4. The van der Waals surface area contributed by atoms with Crippen LogP contribution in [0.2, 0.25) is 0 Å². The first kappa shape index (κ1) is 14.3. The van der Waals surface area contributed by atoms with Gasteiger partial charge in [-0.2, -0.15) is 5.10 Å². The first-order valence-electron chi connectivity index (χ1n) is 7.06. The lowest BCUT2D eigenvalue weighted by Crippen LogP contribution is -2.10. The van der Waals surface area contributed by atoms with Crippen molar-refractivity contribution in [3.05, 3.63) is 64.4 Å². The Kier molecular flexibility index (Phi) is 4.08. The molecular formula is C17H17BrN2O. The molecule has 0 bridgehead atoms. The van der Waals surface area contributed by atoms with Gasteiger partial charge in [0.25, 0.3) is 0 Å². The molecule has 0 amide bonds. The number of aliphatic hydroxyl groups excluding tert-OH is 1. The number of halogens is 1. The Morgan fingerprint density at radius 2 is 1.95 bits per heavy atom. The fourth-order valence-corrected chi connectivity index (χ4v) is 3.20. The highest BCUT2D eigenvalue weighted by atomic mass is 79.9. The largest absolute Gasteiger partial charge is 0.386 e. The van der Waals surface area contributed by atoms with E-state index in [-0.39, 0.29) is 0 Å². The van der Waals surface area contributed by atoms with E-state index >= 15 is 0 Å². The van der Waals surface area contributed by atoms with E-state index in [1.807, 2.05) is 23.7 Å². The summed E-state index contributed by atoms with van der Waals surface area (Å²) in [7, 11) is 0. The zero-order valence-electron chi connectivity index (χ0n) is 11.8. The fraction of sp³-hybridized carbons (Fsp3) is 0.235. The van der Waals surface area contributed by atoms with Gasteiger partial charge in [0.1, 0.15) is 6.10 Å².